The Balaban J connectivity index is 1.70. The van der Waals surface area contributed by atoms with E-state index >= 15 is 0 Å². The van der Waals surface area contributed by atoms with Crippen molar-refractivity contribution in [2.24, 2.45) is 0 Å². The number of aromatic nitrogens is 2. The maximum atomic E-state index is 13.6. The van der Waals surface area contributed by atoms with Gasteiger partial charge in [-0.3, -0.25) is 4.79 Å². The van der Waals surface area contributed by atoms with E-state index in [2.05, 4.69) is 15.3 Å². The molecule has 0 fully saturated rings. The van der Waals surface area contributed by atoms with Crippen LogP contribution in [0.2, 0.25) is 0 Å². The first-order valence-electron chi connectivity index (χ1n) is 8.42. The quantitative estimate of drug-likeness (QED) is 0.312. The monoisotopic (exact) mass is 387 g/mol. The van der Waals surface area contributed by atoms with E-state index < -0.39 is 23.3 Å². The highest BCUT2D eigenvalue weighted by Gasteiger charge is 2.13. The summed E-state index contributed by atoms with van der Waals surface area (Å²) >= 11 is 0. The van der Waals surface area contributed by atoms with Crippen LogP contribution in [0.15, 0.2) is 47.4 Å². The van der Waals surface area contributed by atoms with Crippen LogP contribution in [-0.4, -0.2) is 16.5 Å². The molecule has 4 rings (SSSR count). The fraction of sp³-hybridized carbons (Fsp3) is 0.100. The van der Waals surface area contributed by atoms with Crippen molar-refractivity contribution in [3.63, 3.8) is 0 Å². The van der Waals surface area contributed by atoms with Crippen LogP contribution in [0.1, 0.15) is 5.56 Å². The maximum absolute atomic E-state index is 13.6. The summed E-state index contributed by atoms with van der Waals surface area (Å²) in [6.07, 6.45) is 1.65. The number of H-pyrrole nitrogens is 1. The van der Waals surface area contributed by atoms with E-state index in [0.717, 1.165) is 12.1 Å². The molecule has 0 aliphatic heterocycles. The molecular weight excluding hydrogens is 374 g/mol. The lowest BCUT2D eigenvalue weighted by Crippen LogP contribution is -2.11. The van der Waals surface area contributed by atoms with Gasteiger partial charge in [0.15, 0.2) is 17.5 Å². The predicted octanol–water partition coefficient (Wildman–Crippen LogP) is 4.29. The Labute approximate surface area is 155 Å². The second kappa shape index (κ2) is 6.95. The number of nitrogens with zero attached hydrogens (tertiary/aromatic N) is 1. The van der Waals surface area contributed by atoms with Crippen molar-refractivity contribution in [2.75, 3.05) is 11.9 Å². The highest BCUT2D eigenvalue weighted by atomic mass is 19.2. The van der Waals surface area contributed by atoms with Gasteiger partial charge in [0, 0.05) is 23.5 Å². The van der Waals surface area contributed by atoms with E-state index in [9.17, 15) is 22.4 Å². The fourth-order valence-electron chi connectivity index (χ4n) is 3.14. The van der Waals surface area contributed by atoms with Crippen molar-refractivity contribution >= 4 is 27.5 Å². The number of anilines is 1. The molecule has 0 amide bonds. The van der Waals surface area contributed by atoms with Crippen molar-refractivity contribution in [2.45, 2.75) is 6.42 Å². The van der Waals surface area contributed by atoms with Crippen LogP contribution in [0.4, 0.5) is 23.4 Å². The van der Waals surface area contributed by atoms with E-state index in [4.69, 9.17) is 0 Å². The number of fused-ring (bicyclic) bond motifs is 3. The van der Waals surface area contributed by atoms with E-state index in [-0.39, 0.29) is 29.5 Å². The van der Waals surface area contributed by atoms with Gasteiger partial charge in [-0.15, -0.1) is 0 Å². The molecule has 0 saturated heterocycles. The molecule has 2 heterocycles. The lowest BCUT2D eigenvalue weighted by molar-refractivity contribution is 0.445. The van der Waals surface area contributed by atoms with Gasteiger partial charge in [0.25, 0.3) is 5.56 Å². The summed E-state index contributed by atoms with van der Waals surface area (Å²) in [6, 6.07) is 7.44. The van der Waals surface area contributed by atoms with Crippen LogP contribution in [-0.2, 0) is 6.42 Å². The van der Waals surface area contributed by atoms with Crippen molar-refractivity contribution in [3.05, 3.63) is 81.8 Å². The molecule has 8 heteroatoms. The summed E-state index contributed by atoms with van der Waals surface area (Å²) in [5, 5.41) is 4.18. The molecule has 0 unspecified atom stereocenters. The molecule has 4 nitrogen and oxygen atoms in total. The molecule has 2 aromatic heterocycles. The highest BCUT2D eigenvalue weighted by Crippen LogP contribution is 2.27. The zero-order valence-corrected chi connectivity index (χ0v) is 14.3. The zero-order chi connectivity index (χ0) is 19.8. The molecule has 28 heavy (non-hydrogen) atoms. The van der Waals surface area contributed by atoms with Crippen molar-refractivity contribution in [1.82, 2.24) is 9.97 Å². The van der Waals surface area contributed by atoms with Crippen LogP contribution in [0.25, 0.3) is 21.7 Å². The number of halogens is 4. The summed E-state index contributed by atoms with van der Waals surface area (Å²) in [7, 11) is 0. The van der Waals surface area contributed by atoms with Gasteiger partial charge >= 0.3 is 0 Å². The van der Waals surface area contributed by atoms with Gasteiger partial charge in [-0.2, -0.15) is 0 Å². The van der Waals surface area contributed by atoms with E-state index in [1.54, 1.807) is 6.07 Å². The molecule has 0 bridgehead atoms. The molecule has 0 atom stereocenters. The van der Waals surface area contributed by atoms with Crippen LogP contribution >= 0.6 is 0 Å². The Morgan fingerprint density at radius 3 is 2.46 bits per heavy atom. The second-order valence-electron chi connectivity index (χ2n) is 6.27. The normalized spacial score (nSPS) is 11.3. The minimum Gasteiger partial charge on any atom is -0.369 e. The van der Waals surface area contributed by atoms with Gasteiger partial charge in [-0.05, 0) is 48.4 Å². The van der Waals surface area contributed by atoms with E-state index in [0.29, 0.717) is 22.1 Å². The Hall–Kier alpha value is -3.42. The predicted molar refractivity (Wildman–Crippen MR) is 98.3 cm³/mol. The average Bonchev–Trinajstić information content (AvgIpc) is 2.66. The fourth-order valence-corrected chi connectivity index (χ4v) is 3.14. The summed E-state index contributed by atoms with van der Waals surface area (Å²) in [6.45, 7) is 0.228. The molecule has 0 radical (unpaired) electrons. The average molecular weight is 387 g/mol. The smallest absolute Gasteiger partial charge is 0.256 e. The number of rotatable bonds is 4. The molecule has 4 aromatic rings. The van der Waals surface area contributed by atoms with Crippen molar-refractivity contribution in [3.8, 4) is 0 Å². The standard InChI is InChI=1S/C20H13F4N3O/c21-11-1-2-16-13(9-11)17-12(4-6-26-20(17)28)19(27-16)25-5-3-10-7-14(22)18(24)15(23)8-10/h1-2,4,6-9H,3,5H2,(H,25,27)(H,26,28). The Morgan fingerprint density at radius 1 is 0.964 bits per heavy atom. The maximum Gasteiger partial charge on any atom is 0.256 e. The van der Waals surface area contributed by atoms with E-state index in [1.165, 1.54) is 24.4 Å². The van der Waals surface area contributed by atoms with E-state index in [1.807, 2.05) is 0 Å². The minimum atomic E-state index is -1.51. The van der Waals surface area contributed by atoms with Crippen LogP contribution in [0.3, 0.4) is 0 Å². The summed E-state index contributed by atoms with van der Waals surface area (Å²) in [4.78, 5) is 19.3. The number of hydrogen-bond acceptors (Lipinski definition) is 3. The first kappa shape index (κ1) is 18.0. The third kappa shape index (κ3) is 3.17. The molecule has 142 valence electrons. The third-order valence-electron chi connectivity index (χ3n) is 4.43. The molecule has 0 aliphatic rings. The number of aromatic amines is 1. The SMILES string of the molecule is O=c1[nH]ccc2c(NCCc3cc(F)c(F)c(F)c3)nc3ccc(F)cc3c12. The number of pyridine rings is 2. The van der Waals surface area contributed by atoms with Gasteiger partial charge in [0.1, 0.15) is 11.6 Å². The summed E-state index contributed by atoms with van der Waals surface area (Å²) in [5.74, 6) is -4.12. The first-order chi connectivity index (χ1) is 13.4. The van der Waals surface area contributed by atoms with Crippen LogP contribution < -0.4 is 10.9 Å². The molecule has 0 saturated carbocycles. The Bertz CT molecular complexity index is 1250. The minimum absolute atomic E-state index is 0.196. The zero-order valence-electron chi connectivity index (χ0n) is 14.3. The number of benzene rings is 2. The lowest BCUT2D eigenvalue weighted by Gasteiger charge is -2.11. The summed E-state index contributed by atoms with van der Waals surface area (Å²) < 4.78 is 53.4. The topological polar surface area (TPSA) is 57.8 Å². The second-order valence-corrected chi connectivity index (χ2v) is 6.27. The van der Waals surface area contributed by atoms with Gasteiger partial charge < -0.3 is 10.3 Å². The van der Waals surface area contributed by atoms with Crippen molar-refractivity contribution in [1.29, 1.82) is 0 Å². The van der Waals surface area contributed by atoms with Gasteiger partial charge in [0.05, 0.1) is 10.9 Å². The van der Waals surface area contributed by atoms with Gasteiger partial charge in [0.2, 0.25) is 0 Å². The summed E-state index contributed by atoms with van der Waals surface area (Å²) in [5.41, 5.74) is 0.308. The number of nitrogens with one attached hydrogen (secondary N) is 2. The van der Waals surface area contributed by atoms with Crippen LogP contribution in [0.5, 0.6) is 0 Å². The number of hydrogen-bond donors (Lipinski definition) is 2. The molecule has 2 aromatic carbocycles. The highest BCUT2D eigenvalue weighted by molar-refractivity contribution is 6.09. The van der Waals surface area contributed by atoms with Crippen LogP contribution in [0, 0.1) is 23.3 Å². The molecule has 2 N–H and O–H groups in total. The van der Waals surface area contributed by atoms with Gasteiger partial charge in [-0.1, -0.05) is 0 Å². The molecule has 0 aliphatic carbocycles. The molecular formula is C20H13F4N3O. The largest absolute Gasteiger partial charge is 0.369 e. The third-order valence-corrected chi connectivity index (χ3v) is 4.43. The Kier molecular flexibility index (Phi) is 4.46. The van der Waals surface area contributed by atoms with Crippen molar-refractivity contribution < 1.29 is 17.6 Å². The lowest BCUT2D eigenvalue weighted by atomic mass is 10.1. The first-order valence-corrected chi connectivity index (χ1v) is 8.42. The Morgan fingerprint density at radius 2 is 1.71 bits per heavy atom. The molecule has 0 spiro atoms. The van der Waals surface area contributed by atoms with Gasteiger partial charge in [-0.25, -0.2) is 22.5 Å².